The summed E-state index contributed by atoms with van der Waals surface area (Å²) in [6, 6.07) is 0. The molecule has 11 heavy (non-hydrogen) atoms. The van der Waals surface area contributed by atoms with Crippen molar-refractivity contribution >= 4 is 5.91 Å². The summed E-state index contributed by atoms with van der Waals surface area (Å²) < 4.78 is 35.4. The van der Waals surface area contributed by atoms with E-state index < -0.39 is 23.9 Å². The monoisotopic (exact) mass is 167 g/mol. The van der Waals surface area contributed by atoms with Crippen molar-refractivity contribution in [2.75, 3.05) is 7.05 Å². The van der Waals surface area contributed by atoms with E-state index >= 15 is 0 Å². The summed E-state index contributed by atoms with van der Waals surface area (Å²) in [6.45, 7) is 0. The molecule has 0 aromatic rings. The van der Waals surface area contributed by atoms with Gasteiger partial charge in [-0.15, -0.1) is 0 Å². The van der Waals surface area contributed by atoms with Crippen molar-refractivity contribution in [1.29, 1.82) is 0 Å². The standard InChI is InChI=1S/C6H8F3NO/c1-10-5(11)3-2-4(3)6(7,8)9/h3-4H,2H2,1H3,(H,10,11)/t3?,4-/m1/s1. The fourth-order valence-corrected chi connectivity index (χ4v) is 1.03. The summed E-state index contributed by atoms with van der Waals surface area (Å²) in [5.41, 5.74) is 0. The summed E-state index contributed by atoms with van der Waals surface area (Å²) in [5, 5.41) is 2.19. The minimum atomic E-state index is -4.20. The van der Waals surface area contributed by atoms with Gasteiger partial charge in [0.05, 0.1) is 5.92 Å². The number of hydrogen-bond donors (Lipinski definition) is 1. The molecule has 2 atom stereocenters. The highest BCUT2D eigenvalue weighted by Gasteiger charge is 2.58. The fraction of sp³-hybridized carbons (Fsp3) is 0.833. The molecule has 0 radical (unpaired) electrons. The van der Waals surface area contributed by atoms with Gasteiger partial charge in [-0.1, -0.05) is 0 Å². The highest BCUT2D eigenvalue weighted by atomic mass is 19.4. The van der Waals surface area contributed by atoms with Gasteiger partial charge in [-0.05, 0) is 6.42 Å². The minimum absolute atomic E-state index is 0.0524. The molecule has 1 aliphatic rings. The summed E-state index contributed by atoms with van der Waals surface area (Å²) in [6.07, 6.45) is -4.25. The normalized spacial score (nSPS) is 29.8. The van der Waals surface area contributed by atoms with Crippen molar-refractivity contribution < 1.29 is 18.0 Å². The Morgan fingerprint density at radius 1 is 1.55 bits per heavy atom. The average Bonchev–Trinajstić information content (AvgIpc) is 2.62. The maximum absolute atomic E-state index is 11.8. The highest BCUT2D eigenvalue weighted by Crippen LogP contribution is 2.49. The molecule has 0 aromatic carbocycles. The van der Waals surface area contributed by atoms with Crippen LogP contribution in [0.5, 0.6) is 0 Å². The number of carbonyl (C=O) groups is 1. The molecule has 1 fully saturated rings. The van der Waals surface area contributed by atoms with Crippen molar-refractivity contribution in [3.63, 3.8) is 0 Å². The van der Waals surface area contributed by atoms with E-state index in [1.807, 2.05) is 0 Å². The number of amides is 1. The van der Waals surface area contributed by atoms with E-state index in [0.29, 0.717) is 0 Å². The van der Waals surface area contributed by atoms with E-state index in [1.165, 1.54) is 7.05 Å². The van der Waals surface area contributed by atoms with Crippen molar-refractivity contribution in [1.82, 2.24) is 5.32 Å². The molecule has 0 aromatic heterocycles. The van der Waals surface area contributed by atoms with E-state index in [-0.39, 0.29) is 6.42 Å². The Morgan fingerprint density at radius 3 is 2.36 bits per heavy atom. The van der Waals surface area contributed by atoms with Gasteiger partial charge in [0.15, 0.2) is 0 Å². The van der Waals surface area contributed by atoms with Crippen LogP contribution < -0.4 is 5.32 Å². The van der Waals surface area contributed by atoms with Gasteiger partial charge in [-0.25, -0.2) is 0 Å². The van der Waals surface area contributed by atoms with Crippen LogP contribution in [-0.2, 0) is 4.79 Å². The van der Waals surface area contributed by atoms with E-state index in [0.717, 1.165) is 0 Å². The lowest BCUT2D eigenvalue weighted by Gasteiger charge is -2.03. The van der Waals surface area contributed by atoms with E-state index in [2.05, 4.69) is 5.32 Å². The van der Waals surface area contributed by atoms with Crippen LogP contribution in [0, 0.1) is 11.8 Å². The van der Waals surface area contributed by atoms with Crippen LogP contribution in [0.4, 0.5) is 13.2 Å². The van der Waals surface area contributed by atoms with Crippen molar-refractivity contribution in [2.24, 2.45) is 11.8 Å². The van der Waals surface area contributed by atoms with Crippen LogP contribution in [0.2, 0.25) is 0 Å². The molecule has 0 spiro atoms. The van der Waals surface area contributed by atoms with Crippen molar-refractivity contribution in [3.05, 3.63) is 0 Å². The number of hydrogen-bond acceptors (Lipinski definition) is 1. The molecule has 1 amide bonds. The molecule has 0 aliphatic heterocycles. The zero-order valence-corrected chi connectivity index (χ0v) is 5.90. The number of halogens is 3. The Balaban J connectivity index is 2.44. The second kappa shape index (κ2) is 2.39. The minimum Gasteiger partial charge on any atom is -0.359 e. The predicted molar refractivity (Wildman–Crippen MR) is 31.7 cm³/mol. The number of rotatable bonds is 1. The number of alkyl halides is 3. The van der Waals surface area contributed by atoms with Gasteiger partial charge in [-0.2, -0.15) is 13.2 Å². The molecular formula is C6H8F3NO. The van der Waals surface area contributed by atoms with Crippen molar-refractivity contribution in [2.45, 2.75) is 12.6 Å². The third-order valence-corrected chi connectivity index (χ3v) is 1.79. The Morgan fingerprint density at radius 2 is 2.09 bits per heavy atom. The lowest BCUT2D eigenvalue weighted by atomic mass is 10.3. The SMILES string of the molecule is CNC(=O)C1C[C@H]1C(F)(F)F. The van der Waals surface area contributed by atoms with Gasteiger partial charge < -0.3 is 5.32 Å². The van der Waals surface area contributed by atoms with Crippen LogP contribution >= 0.6 is 0 Å². The first-order chi connectivity index (χ1) is 4.96. The molecule has 1 saturated carbocycles. The van der Waals surface area contributed by atoms with Gasteiger partial charge >= 0.3 is 6.18 Å². The molecule has 1 aliphatic carbocycles. The van der Waals surface area contributed by atoms with E-state index in [1.54, 1.807) is 0 Å². The van der Waals surface area contributed by atoms with Gasteiger partial charge in [0.1, 0.15) is 0 Å². The molecule has 2 nitrogen and oxygen atoms in total. The van der Waals surface area contributed by atoms with Gasteiger partial charge in [0, 0.05) is 13.0 Å². The Kier molecular flexibility index (Phi) is 1.82. The first-order valence-corrected chi connectivity index (χ1v) is 3.25. The second-order valence-electron chi connectivity index (χ2n) is 2.60. The number of nitrogens with one attached hydrogen (secondary N) is 1. The summed E-state index contributed by atoms with van der Waals surface area (Å²) in [4.78, 5) is 10.6. The third-order valence-electron chi connectivity index (χ3n) is 1.79. The third kappa shape index (κ3) is 1.64. The molecule has 0 bridgehead atoms. The average molecular weight is 167 g/mol. The summed E-state index contributed by atoms with van der Waals surface area (Å²) >= 11 is 0. The van der Waals surface area contributed by atoms with Crippen LogP contribution in [-0.4, -0.2) is 19.1 Å². The lowest BCUT2D eigenvalue weighted by Crippen LogP contribution is -2.23. The maximum atomic E-state index is 11.8. The van der Waals surface area contributed by atoms with Gasteiger partial charge in [-0.3, -0.25) is 4.79 Å². The largest absolute Gasteiger partial charge is 0.392 e. The molecule has 1 unspecified atom stereocenters. The summed E-state index contributed by atoms with van der Waals surface area (Å²) in [7, 11) is 1.34. The molecule has 64 valence electrons. The highest BCUT2D eigenvalue weighted by molar-refractivity contribution is 5.81. The van der Waals surface area contributed by atoms with Gasteiger partial charge in [0.2, 0.25) is 5.91 Å². The molecule has 1 N–H and O–H groups in total. The Bertz CT molecular complexity index is 177. The van der Waals surface area contributed by atoms with Crippen LogP contribution in [0.15, 0.2) is 0 Å². The Hall–Kier alpha value is -0.740. The Labute approximate surface area is 61.8 Å². The molecule has 0 saturated heterocycles. The van der Waals surface area contributed by atoms with Crippen LogP contribution in [0.3, 0.4) is 0 Å². The first-order valence-electron chi connectivity index (χ1n) is 3.25. The smallest absolute Gasteiger partial charge is 0.359 e. The maximum Gasteiger partial charge on any atom is 0.392 e. The zero-order valence-electron chi connectivity index (χ0n) is 5.90. The molecule has 1 rings (SSSR count). The quantitative estimate of drug-likeness (QED) is 0.618. The van der Waals surface area contributed by atoms with Gasteiger partial charge in [0.25, 0.3) is 0 Å². The van der Waals surface area contributed by atoms with Crippen LogP contribution in [0.1, 0.15) is 6.42 Å². The molecular weight excluding hydrogens is 159 g/mol. The lowest BCUT2D eigenvalue weighted by molar-refractivity contribution is -0.154. The first kappa shape index (κ1) is 8.36. The van der Waals surface area contributed by atoms with Crippen molar-refractivity contribution in [3.8, 4) is 0 Å². The van der Waals surface area contributed by atoms with E-state index in [4.69, 9.17) is 0 Å². The number of carbonyl (C=O) groups excluding carboxylic acids is 1. The molecule has 5 heteroatoms. The topological polar surface area (TPSA) is 29.1 Å². The summed E-state index contributed by atoms with van der Waals surface area (Å²) in [5.74, 6) is -2.74. The van der Waals surface area contributed by atoms with E-state index in [9.17, 15) is 18.0 Å². The van der Waals surface area contributed by atoms with Crippen LogP contribution in [0.25, 0.3) is 0 Å². The molecule has 0 heterocycles. The fourth-order valence-electron chi connectivity index (χ4n) is 1.03. The zero-order chi connectivity index (χ0) is 8.65. The second-order valence-corrected chi connectivity index (χ2v) is 2.60. The predicted octanol–water partition coefficient (Wildman–Crippen LogP) is 0.931.